The van der Waals surface area contributed by atoms with Crippen LogP contribution in [0.3, 0.4) is 0 Å². The van der Waals surface area contributed by atoms with Gasteiger partial charge in [0.25, 0.3) is 5.91 Å². The summed E-state index contributed by atoms with van der Waals surface area (Å²) in [5.74, 6) is 2.09. The first-order valence-electron chi connectivity index (χ1n) is 4.51. The van der Waals surface area contributed by atoms with Crippen LogP contribution < -0.4 is 0 Å². The molecule has 0 aliphatic rings. The van der Waals surface area contributed by atoms with Gasteiger partial charge in [0.2, 0.25) is 0 Å². The van der Waals surface area contributed by atoms with Gasteiger partial charge in [-0.3, -0.25) is 4.79 Å². The number of rotatable bonds is 3. The van der Waals surface area contributed by atoms with E-state index in [4.69, 9.17) is 29.6 Å². The molecule has 0 aliphatic heterocycles. The lowest BCUT2D eigenvalue weighted by atomic mass is 10.2. The maximum absolute atomic E-state index is 12.0. The van der Waals surface area contributed by atoms with E-state index < -0.39 is 0 Å². The van der Waals surface area contributed by atoms with Crippen LogP contribution >= 0.6 is 23.2 Å². The van der Waals surface area contributed by atoms with Gasteiger partial charge in [-0.2, -0.15) is 0 Å². The van der Waals surface area contributed by atoms with Gasteiger partial charge in [0.15, 0.2) is 10.3 Å². The Morgan fingerprint density at radius 1 is 1.56 bits per heavy atom. The van der Waals surface area contributed by atoms with Crippen LogP contribution in [0.4, 0.5) is 0 Å². The fraction of sp³-hybridized carbons (Fsp3) is 0.300. The van der Waals surface area contributed by atoms with Gasteiger partial charge in [-0.15, -0.1) is 16.6 Å². The highest BCUT2D eigenvalue weighted by molar-refractivity contribution is 6.34. The van der Waals surface area contributed by atoms with E-state index in [-0.39, 0.29) is 28.3 Å². The largest absolute Gasteiger partial charge is 0.328 e. The number of hydrogen-bond acceptors (Lipinski definition) is 3. The molecule has 0 saturated carbocycles. The molecule has 16 heavy (non-hydrogen) atoms. The molecule has 1 aromatic heterocycles. The Labute approximate surface area is 104 Å². The molecule has 1 aromatic rings. The summed E-state index contributed by atoms with van der Waals surface area (Å²) in [6, 6.07) is 1.37. The van der Waals surface area contributed by atoms with E-state index in [0.29, 0.717) is 6.54 Å². The third-order valence-corrected chi connectivity index (χ3v) is 2.36. The third-order valence-electron chi connectivity index (χ3n) is 1.90. The Balaban J connectivity index is 3.03. The zero-order chi connectivity index (χ0) is 12.1. The number of hydrogen-bond donors (Lipinski definition) is 0. The van der Waals surface area contributed by atoms with Crippen molar-refractivity contribution in [3.05, 3.63) is 21.9 Å². The lowest BCUT2D eigenvalue weighted by Gasteiger charge is -2.18. The van der Waals surface area contributed by atoms with E-state index in [1.807, 2.05) is 6.92 Å². The molecule has 0 aromatic carbocycles. The van der Waals surface area contributed by atoms with Crippen LogP contribution in [0.5, 0.6) is 0 Å². The zero-order valence-electron chi connectivity index (χ0n) is 8.57. The number of nitrogens with zero attached hydrogens (tertiary/aromatic N) is 3. The predicted octanol–water partition coefficient (Wildman–Crippen LogP) is 1.88. The van der Waals surface area contributed by atoms with Gasteiger partial charge < -0.3 is 4.90 Å². The molecule has 0 atom stereocenters. The monoisotopic (exact) mass is 257 g/mol. The molecule has 84 valence electrons. The van der Waals surface area contributed by atoms with Gasteiger partial charge in [-0.1, -0.05) is 29.1 Å². The van der Waals surface area contributed by atoms with Gasteiger partial charge in [0.05, 0.1) is 12.1 Å². The standard InChI is InChI=1S/C10H9Cl2N3O/c1-3-5-15(4-2)10(16)7-6-8(11)13-14-9(7)12/h1,6H,4-5H2,2H3. The minimum Gasteiger partial charge on any atom is -0.328 e. The Morgan fingerprint density at radius 3 is 2.81 bits per heavy atom. The zero-order valence-corrected chi connectivity index (χ0v) is 10.1. The van der Waals surface area contributed by atoms with Gasteiger partial charge in [-0.25, -0.2) is 0 Å². The molecule has 0 N–H and O–H groups in total. The smallest absolute Gasteiger partial charge is 0.257 e. The Bertz CT molecular complexity index is 442. The SMILES string of the molecule is C#CCN(CC)C(=O)c1cc(Cl)nnc1Cl. The molecule has 0 spiro atoms. The fourth-order valence-corrected chi connectivity index (χ4v) is 1.43. The molecule has 0 fully saturated rings. The van der Waals surface area contributed by atoms with Crippen LogP contribution in [0, 0.1) is 12.3 Å². The fourth-order valence-electron chi connectivity index (χ4n) is 1.11. The normalized spacial score (nSPS) is 9.62. The van der Waals surface area contributed by atoms with E-state index in [1.165, 1.54) is 11.0 Å². The van der Waals surface area contributed by atoms with Crippen molar-refractivity contribution in [2.24, 2.45) is 0 Å². The van der Waals surface area contributed by atoms with Crippen molar-refractivity contribution in [3.63, 3.8) is 0 Å². The summed E-state index contributed by atoms with van der Waals surface area (Å²) in [5, 5.41) is 7.22. The molecule has 1 heterocycles. The highest BCUT2D eigenvalue weighted by Crippen LogP contribution is 2.17. The van der Waals surface area contributed by atoms with E-state index in [9.17, 15) is 4.79 Å². The molecule has 0 radical (unpaired) electrons. The summed E-state index contributed by atoms with van der Waals surface area (Å²) in [6.07, 6.45) is 5.16. The number of terminal acetylenes is 1. The Kier molecular flexibility index (Phi) is 4.53. The second kappa shape index (κ2) is 5.69. The lowest BCUT2D eigenvalue weighted by molar-refractivity contribution is 0.0784. The molecule has 6 heteroatoms. The second-order valence-electron chi connectivity index (χ2n) is 2.89. The van der Waals surface area contributed by atoms with Crippen molar-refractivity contribution in [2.75, 3.05) is 13.1 Å². The summed E-state index contributed by atoms with van der Waals surface area (Å²) in [6.45, 7) is 2.52. The van der Waals surface area contributed by atoms with Crippen LogP contribution in [0.1, 0.15) is 17.3 Å². The van der Waals surface area contributed by atoms with Gasteiger partial charge in [0.1, 0.15) is 0 Å². The molecule has 0 unspecified atom stereocenters. The quantitative estimate of drug-likeness (QED) is 0.777. The lowest BCUT2D eigenvalue weighted by Crippen LogP contribution is -2.31. The summed E-state index contributed by atoms with van der Waals surface area (Å²) in [5.41, 5.74) is 0.207. The second-order valence-corrected chi connectivity index (χ2v) is 3.64. The number of amides is 1. The van der Waals surface area contributed by atoms with Crippen molar-refractivity contribution < 1.29 is 4.79 Å². The van der Waals surface area contributed by atoms with Crippen LogP contribution in [0.2, 0.25) is 10.3 Å². The topological polar surface area (TPSA) is 46.1 Å². The van der Waals surface area contributed by atoms with Crippen molar-refractivity contribution in [1.29, 1.82) is 0 Å². The Hall–Kier alpha value is -1.31. The molecular formula is C10H9Cl2N3O. The summed E-state index contributed by atoms with van der Waals surface area (Å²) >= 11 is 11.4. The highest BCUT2D eigenvalue weighted by atomic mass is 35.5. The van der Waals surface area contributed by atoms with Crippen LogP contribution in [-0.4, -0.2) is 34.1 Å². The van der Waals surface area contributed by atoms with E-state index >= 15 is 0 Å². The van der Waals surface area contributed by atoms with Crippen molar-refractivity contribution in [1.82, 2.24) is 15.1 Å². The highest BCUT2D eigenvalue weighted by Gasteiger charge is 2.18. The number of carbonyl (C=O) groups is 1. The molecule has 0 bridgehead atoms. The number of halogens is 2. The first kappa shape index (κ1) is 12.8. The van der Waals surface area contributed by atoms with Gasteiger partial charge in [0, 0.05) is 6.54 Å². The first-order valence-corrected chi connectivity index (χ1v) is 5.27. The number of aromatic nitrogens is 2. The van der Waals surface area contributed by atoms with E-state index in [0.717, 1.165) is 0 Å². The third kappa shape index (κ3) is 2.84. The maximum Gasteiger partial charge on any atom is 0.257 e. The number of carbonyl (C=O) groups excluding carboxylic acids is 1. The molecule has 0 aliphatic carbocycles. The molecule has 1 rings (SSSR count). The Morgan fingerprint density at radius 2 is 2.25 bits per heavy atom. The van der Waals surface area contributed by atoms with Crippen LogP contribution in [0.25, 0.3) is 0 Å². The van der Waals surface area contributed by atoms with E-state index in [2.05, 4.69) is 16.1 Å². The predicted molar refractivity (Wildman–Crippen MR) is 62.5 cm³/mol. The van der Waals surface area contributed by atoms with Crippen molar-refractivity contribution >= 4 is 29.1 Å². The summed E-state index contributed by atoms with van der Waals surface area (Å²) < 4.78 is 0. The molecular weight excluding hydrogens is 249 g/mol. The van der Waals surface area contributed by atoms with Crippen LogP contribution in [-0.2, 0) is 0 Å². The summed E-state index contributed by atoms with van der Waals surface area (Å²) in [4.78, 5) is 13.4. The van der Waals surface area contributed by atoms with Crippen molar-refractivity contribution in [2.45, 2.75) is 6.92 Å². The van der Waals surface area contributed by atoms with Gasteiger partial charge in [-0.05, 0) is 13.0 Å². The van der Waals surface area contributed by atoms with Gasteiger partial charge >= 0.3 is 0 Å². The average Bonchev–Trinajstić information content (AvgIpc) is 2.28. The van der Waals surface area contributed by atoms with Crippen LogP contribution in [0.15, 0.2) is 6.07 Å². The maximum atomic E-state index is 12.0. The minimum atomic E-state index is -0.303. The van der Waals surface area contributed by atoms with Crippen molar-refractivity contribution in [3.8, 4) is 12.3 Å². The molecule has 0 saturated heterocycles. The summed E-state index contributed by atoms with van der Waals surface area (Å²) in [7, 11) is 0. The molecule has 4 nitrogen and oxygen atoms in total. The average molecular weight is 258 g/mol. The van der Waals surface area contributed by atoms with E-state index in [1.54, 1.807) is 0 Å². The first-order chi connectivity index (χ1) is 7.60. The molecule has 1 amide bonds. The minimum absolute atomic E-state index is 0.0184.